The molecule has 0 spiro atoms. The van der Waals surface area contributed by atoms with Gasteiger partial charge in [-0.2, -0.15) is 0 Å². The maximum absolute atomic E-state index is 14.3. The Kier molecular flexibility index (Phi) is 11.2. The molecule has 0 fully saturated rings. The number of benzene rings is 4. The second-order valence-corrected chi connectivity index (χ2v) is 11.9. The van der Waals surface area contributed by atoms with E-state index in [0.29, 0.717) is 63.8 Å². The topological polar surface area (TPSA) is 80.2 Å². The molecular formula is C36H33Cl3N2O4. The average Bonchev–Trinajstić information content (AvgIpc) is 3.42. The maximum atomic E-state index is 14.3. The standard InChI is InChI=1S/C36H33Cl3N2O4/c37-28-11-4-9-26(23-28)18-20-40-35(43)36(19-5-10-25-7-2-1-3-8-25)33(31-17-14-29(38)24-32(31)39)45-34(41-36)27-12-15-30(16-13-27)44-22-6-21-42/h1-5,7-17,23-24,33,42H,6,18-22H2,(H,40,43)/b10-5+/t33-,36-/m1/s1. The highest BCUT2D eigenvalue weighted by Gasteiger charge is 2.53. The van der Waals surface area contributed by atoms with E-state index in [2.05, 4.69) is 5.32 Å². The second-order valence-electron chi connectivity index (χ2n) is 10.6. The number of aliphatic hydroxyl groups is 1. The van der Waals surface area contributed by atoms with Gasteiger partial charge in [0.05, 0.1) is 6.61 Å². The van der Waals surface area contributed by atoms with Crippen LogP contribution in [-0.2, 0) is 16.0 Å². The van der Waals surface area contributed by atoms with Crippen LogP contribution in [0.15, 0.2) is 108 Å². The molecule has 1 heterocycles. The highest BCUT2D eigenvalue weighted by Crippen LogP contribution is 2.45. The van der Waals surface area contributed by atoms with Gasteiger partial charge in [-0.1, -0.05) is 95.5 Å². The number of aliphatic imine (C=N–C) groups is 1. The van der Waals surface area contributed by atoms with Crippen molar-refractivity contribution in [1.82, 2.24) is 5.32 Å². The molecule has 0 saturated heterocycles. The predicted molar refractivity (Wildman–Crippen MR) is 181 cm³/mol. The van der Waals surface area contributed by atoms with Crippen molar-refractivity contribution in [3.8, 4) is 5.75 Å². The van der Waals surface area contributed by atoms with Gasteiger partial charge in [-0.05, 0) is 66.1 Å². The Bertz CT molecular complexity index is 1660. The third-order valence-electron chi connectivity index (χ3n) is 7.40. The fourth-order valence-corrected chi connectivity index (χ4v) is 5.83. The van der Waals surface area contributed by atoms with E-state index in [1.165, 1.54) is 0 Å². The second kappa shape index (κ2) is 15.5. The van der Waals surface area contributed by atoms with Crippen LogP contribution in [0.2, 0.25) is 15.1 Å². The Labute approximate surface area is 278 Å². The number of aliphatic hydroxyl groups excluding tert-OH is 1. The first-order valence-electron chi connectivity index (χ1n) is 14.7. The van der Waals surface area contributed by atoms with Crippen molar-refractivity contribution in [3.05, 3.63) is 140 Å². The molecule has 5 rings (SSSR count). The minimum Gasteiger partial charge on any atom is -0.494 e. The number of hydrogen-bond acceptors (Lipinski definition) is 5. The molecule has 232 valence electrons. The third kappa shape index (κ3) is 8.27. The molecule has 4 aromatic rings. The van der Waals surface area contributed by atoms with Crippen molar-refractivity contribution in [1.29, 1.82) is 0 Å². The number of carbonyl (C=O) groups is 1. The zero-order valence-corrected chi connectivity index (χ0v) is 26.7. The number of amides is 1. The van der Waals surface area contributed by atoms with E-state index in [9.17, 15) is 4.79 Å². The van der Waals surface area contributed by atoms with Crippen molar-refractivity contribution in [2.24, 2.45) is 4.99 Å². The third-order valence-corrected chi connectivity index (χ3v) is 8.20. The summed E-state index contributed by atoms with van der Waals surface area (Å²) in [5.74, 6) is 0.669. The average molecular weight is 664 g/mol. The lowest BCUT2D eigenvalue weighted by Gasteiger charge is -2.30. The van der Waals surface area contributed by atoms with Gasteiger partial charge in [0, 0.05) is 52.2 Å². The molecule has 0 radical (unpaired) electrons. The first-order chi connectivity index (χ1) is 21.9. The molecule has 0 aromatic heterocycles. The summed E-state index contributed by atoms with van der Waals surface area (Å²) in [4.78, 5) is 19.4. The summed E-state index contributed by atoms with van der Waals surface area (Å²) in [5.41, 5.74) is 1.89. The van der Waals surface area contributed by atoms with Crippen molar-refractivity contribution in [2.45, 2.75) is 30.9 Å². The van der Waals surface area contributed by atoms with E-state index in [1.807, 2.05) is 91.0 Å². The Morgan fingerprint density at radius 3 is 2.47 bits per heavy atom. The highest BCUT2D eigenvalue weighted by molar-refractivity contribution is 6.35. The van der Waals surface area contributed by atoms with Crippen LogP contribution in [0.4, 0.5) is 0 Å². The summed E-state index contributed by atoms with van der Waals surface area (Å²) < 4.78 is 12.2. The molecule has 4 aromatic carbocycles. The molecule has 6 nitrogen and oxygen atoms in total. The van der Waals surface area contributed by atoms with Gasteiger partial charge in [-0.3, -0.25) is 4.79 Å². The monoisotopic (exact) mass is 662 g/mol. The van der Waals surface area contributed by atoms with Gasteiger partial charge >= 0.3 is 0 Å². The van der Waals surface area contributed by atoms with Crippen LogP contribution in [0.3, 0.4) is 0 Å². The van der Waals surface area contributed by atoms with Gasteiger partial charge in [-0.25, -0.2) is 4.99 Å². The van der Waals surface area contributed by atoms with Crippen molar-refractivity contribution in [3.63, 3.8) is 0 Å². The fourth-order valence-electron chi connectivity index (χ4n) is 5.11. The van der Waals surface area contributed by atoms with E-state index < -0.39 is 11.6 Å². The number of halogens is 3. The molecule has 2 N–H and O–H groups in total. The van der Waals surface area contributed by atoms with E-state index in [4.69, 9.17) is 54.4 Å². The van der Waals surface area contributed by atoms with E-state index >= 15 is 0 Å². The minimum absolute atomic E-state index is 0.0549. The molecule has 9 heteroatoms. The fraction of sp³-hybridized carbons (Fsp3) is 0.222. The van der Waals surface area contributed by atoms with Crippen LogP contribution < -0.4 is 10.1 Å². The molecule has 0 bridgehead atoms. The van der Waals surface area contributed by atoms with Gasteiger partial charge in [0.2, 0.25) is 5.90 Å². The maximum Gasteiger partial charge on any atom is 0.252 e. The van der Waals surface area contributed by atoms with Crippen molar-refractivity contribution in [2.75, 3.05) is 19.8 Å². The van der Waals surface area contributed by atoms with Gasteiger partial charge < -0.3 is 19.9 Å². The van der Waals surface area contributed by atoms with E-state index in [1.54, 1.807) is 18.2 Å². The van der Waals surface area contributed by atoms with Crippen LogP contribution in [0, 0.1) is 0 Å². The Hall–Kier alpha value is -3.81. The summed E-state index contributed by atoms with van der Waals surface area (Å²) in [7, 11) is 0. The molecule has 45 heavy (non-hydrogen) atoms. The molecule has 0 unspecified atom stereocenters. The molecular weight excluding hydrogens is 631 g/mol. The number of nitrogens with one attached hydrogen (secondary N) is 1. The number of ether oxygens (including phenoxy) is 2. The zero-order chi connectivity index (χ0) is 31.6. The van der Waals surface area contributed by atoms with Crippen molar-refractivity contribution < 1.29 is 19.4 Å². The number of nitrogens with zero attached hydrogens (tertiary/aromatic N) is 1. The lowest BCUT2D eigenvalue weighted by Crippen LogP contribution is -2.48. The van der Waals surface area contributed by atoms with Crippen LogP contribution in [0.1, 0.15) is 41.2 Å². The highest BCUT2D eigenvalue weighted by atomic mass is 35.5. The number of rotatable bonds is 13. The molecule has 0 aliphatic carbocycles. The summed E-state index contributed by atoms with van der Waals surface area (Å²) in [6.07, 6.45) is 4.42. The van der Waals surface area contributed by atoms with Gasteiger partial charge in [0.1, 0.15) is 5.75 Å². The molecule has 0 saturated carbocycles. The first kappa shape index (κ1) is 32.6. The molecule has 2 atom stereocenters. The van der Waals surface area contributed by atoms with Crippen molar-refractivity contribution >= 4 is 52.7 Å². The molecule has 1 aliphatic heterocycles. The van der Waals surface area contributed by atoms with E-state index in [-0.39, 0.29) is 18.9 Å². The van der Waals surface area contributed by atoms with Gasteiger partial charge in [0.25, 0.3) is 5.91 Å². The largest absolute Gasteiger partial charge is 0.494 e. The normalized spacial score (nSPS) is 17.6. The SMILES string of the molecule is O=C(NCCc1cccc(Cl)c1)[C@]1(C/C=C/c2ccccc2)N=C(c2ccc(OCCCO)cc2)O[C@@H]1c1ccc(Cl)cc1Cl. The lowest BCUT2D eigenvalue weighted by atomic mass is 9.84. The summed E-state index contributed by atoms with van der Waals surface area (Å²) in [6.45, 7) is 0.825. The summed E-state index contributed by atoms with van der Waals surface area (Å²) in [5, 5.41) is 13.7. The zero-order valence-electron chi connectivity index (χ0n) is 24.5. The Morgan fingerprint density at radius 2 is 1.73 bits per heavy atom. The van der Waals surface area contributed by atoms with Gasteiger partial charge in [0.15, 0.2) is 11.6 Å². The number of hydrogen-bond donors (Lipinski definition) is 2. The van der Waals surface area contributed by atoms with Gasteiger partial charge in [-0.15, -0.1) is 0 Å². The van der Waals surface area contributed by atoms with Crippen LogP contribution in [0.5, 0.6) is 5.75 Å². The van der Waals surface area contributed by atoms with Crippen LogP contribution >= 0.6 is 34.8 Å². The minimum atomic E-state index is -1.39. The summed E-state index contributed by atoms with van der Waals surface area (Å²) >= 11 is 19.2. The van der Waals surface area contributed by atoms with E-state index in [0.717, 1.165) is 11.1 Å². The lowest BCUT2D eigenvalue weighted by molar-refractivity contribution is -0.128. The predicted octanol–water partition coefficient (Wildman–Crippen LogP) is 8.13. The smallest absolute Gasteiger partial charge is 0.252 e. The Morgan fingerprint density at radius 1 is 0.956 bits per heavy atom. The Balaban J connectivity index is 1.51. The number of carbonyl (C=O) groups excluding carboxylic acids is 1. The molecule has 1 aliphatic rings. The first-order valence-corrected chi connectivity index (χ1v) is 15.8. The van der Waals surface area contributed by atoms with Crippen LogP contribution in [0.25, 0.3) is 6.08 Å². The quantitative estimate of drug-likeness (QED) is 0.142. The summed E-state index contributed by atoms with van der Waals surface area (Å²) in [6, 6.07) is 29.8. The van der Waals surface area contributed by atoms with Crippen LogP contribution in [-0.4, -0.2) is 42.2 Å². The molecule has 1 amide bonds.